The Balaban J connectivity index is 1.43. The molecule has 174 valence electrons. The third-order valence-electron chi connectivity index (χ3n) is 5.36. The predicted octanol–water partition coefficient (Wildman–Crippen LogP) is 5.00. The van der Waals surface area contributed by atoms with Crippen molar-refractivity contribution in [2.45, 2.75) is 41.2 Å². The lowest BCUT2D eigenvalue weighted by atomic mass is 10.1. The molecule has 3 heterocycles. The van der Waals surface area contributed by atoms with Gasteiger partial charge in [0.2, 0.25) is 5.91 Å². The van der Waals surface area contributed by atoms with Gasteiger partial charge in [-0.15, -0.1) is 11.3 Å². The van der Waals surface area contributed by atoms with Crippen LogP contribution >= 0.6 is 11.3 Å². The standard InChI is InChI=1S/C25H25N5O3S/c1-15-6-8-22(10-16(15)2)29(19(5)31)25-27-21(14-34-25)13-33-24(32)20-7-9-23(26-12-20)30-18(4)11-17(3)28-30/h6-12,14H,13H2,1-5H3. The number of benzene rings is 1. The minimum atomic E-state index is -0.500. The van der Waals surface area contributed by atoms with Gasteiger partial charge < -0.3 is 4.74 Å². The molecule has 0 fully saturated rings. The molecule has 8 nitrogen and oxygen atoms in total. The van der Waals surface area contributed by atoms with E-state index in [1.807, 2.05) is 52.0 Å². The molecule has 0 aliphatic rings. The fraction of sp³-hybridized carbons (Fsp3) is 0.240. The number of hydrogen-bond donors (Lipinski definition) is 0. The van der Waals surface area contributed by atoms with Gasteiger partial charge in [0.05, 0.1) is 22.6 Å². The first kappa shape index (κ1) is 23.3. The number of pyridine rings is 1. The first-order valence-electron chi connectivity index (χ1n) is 10.7. The summed E-state index contributed by atoms with van der Waals surface area (Å²) in [6, 6.07) is 11.2. The van der Waals surface area contributed by atoms with Crippen LogP contribution in [-0.4, -0.2) is 31.6 Å². The highest BCUT2D eigenvalue weighted by Gasteiger charge is 2.19. The van der Waals surface area contributed by atoms with Crippen molar-refractivity contribution in [1.82, 2.24) is 19.7 Å². The van der Waals surface area contributed by atoms with E-state index in [0.717, 1.165) is 28.2 Å². The van der Waals surface area contributed by atoms with Crippen LogP contribution in [0.25, 0.3) is 5.82 Å². The van der Waals surface area contributed by atoms with Gasteiger partial charge >= 0.3 is 5.97 Å². The van der Waals surface area contributed by atoms with Crippen molar-refractivity contribution < 1.29 is 14.3 Å². The van der Waals surface area contributed by atoms with Crippen LogP contribution in [0.5, 0.6) is 0 Å². The lowest BCUT2D eigenvalue weighted by Gasteiger charge is -2.19. The summed E-state index contributed by atoms with van der Waals surface area (Å²) in [5.41, 5.74) is 5.74. The van der Waals surface area contributed by atoms with Gasteiger partial charge in [-0.3, -0.25) is 9.69 Å². The van der Waals surface area contributed by atoms with Crippen molar-refractivity contribution in [2.75, 3.05) is 4.90 Å². The summed E-state index contributed by atoms with van der Waals surface area (Å²) in [7, 11) is 0. The molecule has 0 atom stereocenters. The Morgan fingerprint density at radius 2 is 1.85 bits per heavy atom. The zero-order chi connectivity index (χ0) is 24.4. The van der Waals surface area contributed by atoms with Crippen molar-refractivity contribution in [3.05, 3.63) is 81.7 Å². The molecule has 4 rings (SSSR count). The highest BCUT2D eigenvalue weighted by atomic mass is 32.1. The number of ether oxygens (including phenoxy) is 1. The number of nitrogens with zero attached hydrogens (tertiary/aromatic N) is 5. The summed E-state index contributed by atoms with van der Waals surface area (Å²) >= 11 is 1.32. The molecule has 9 heteroatoms. The van der Waals surface area contributed by atoms with Crippen LogP contribution < -0.4 is 4.90 Å². The molecule has 0 aliphatic heterocycles. The minimum Gasteiger partial charge on any atom is -0.456 e. The molecule has 0 saturated carbocycles. The highest BCUT2D eigenvalue weighted by Crippen LogP contribution is 2.30. The SMILES string of the molecule is CC(=O)N(c1ccc(C)c(C)c1)c1nc(COC(=O)c2ccc(-n3nc(C)cc3C)nc2)cs1. The molecule has 0 unspecified atom stereocenters. The van der Waals surface area contributed by atoms with E-state index >= 15 is 0 Å². The Bertz CT molecular complexity index is 1360. The number of amides is 1. The monoisotopic (exact) mass is 475 g/mol. The molecule has 0 bridgehead atoms. The van der Waals surface area contributed by atoms with Gasteiger partial charge in [0.25, 0.3) is 0 Å². The average molecular weight is 476 g/mol. The predicted molar refractivity (Wildman–Crippen MR) is 131 cm³/mol. The highest BCUT2D eigenvalue weighted by molar-refractivity contribution is 7.14. The molecule has 0 spiro atoms. The smallest absolute Gasteiger partial charge is 0.340 e. The second kappa shape index (κ2) is 9.56. The van der Waals surface area contributed by atoms with Gasteiger partial charge in [-0.1, -0.05) is 6.07 Å². The Kier molecular flexibility index (Phi) is 6.56. The van der Waals surface area contributed by atoms with Crippen molar-refractivity contribution in [3.63, 3.8) is 0 Å². The van der Waals surface area contributed by atoms with E-state index in [4.69, 9.17) is 4.74 Å². The Labute approximate surface area is 201 Å². The van der Waals surface area contributed by atoms with Crippen LogP contribution in [0.4, 0.5) is 10.8 Å². The number of hydrogen-bond acceptors (Lipinski definition) is 7. The van der Waals surface area contributed by atoms with E-state index in [9.17, 15) is 9.59 Å². The Morgan fingerprint density at radius 1 is 1.06 bits per heavy atom. The second-order valence-electron chi connectivity index (χ2n) is 8.06. The second-order valence-corrected chi connectivity index (χ2v) is 8.90. The zero-order valence-corrected chi connectivity index (χ0v) is 20.5. The summed E-state index contributed by atoms with van der Waals surface area (Å²) in [6.45, 7) is 9.38. The largest absolute Gasteiger partial charge is 0.456 e. The summed E-state index contributed by atoms with van der Waals surface area (Å²) in [5.74, 6) is -0.0172. The van der Waals surface area contributed by atoms with Gasteiger partial charge in [0.1, 0.15) is 6.61 Å². The number of aryl methyl sites for hydroxylation is 4. The van der Waals surface area contributed by atoms with Crippen LogP contribution in [0.1, 0.15) is 45.5 Å². The lowest BCUT2D eigenvalue weighted by Crippen LogP contribution is -2.22. The summed E-state index contributed by atoms with van der Waals surface area (Å²) in [6.07, 6.45) is 1.47. The molecule has 4 aromatic rings. The molecule has 34 heavy (non-hydrogen) atoms. The number of anilines is 2. The molecular weight excluding hydrogens is 450 g/mol. The number of esters is 1. The Hall–Kier alpha value is -3.85. The van der Waals surface area contributed by atoms with Crippen molar-refractivity contribution >= 4 is 34.0 Å². The zero-order valence-electron chi connectivity index (χ0n) is 19.7. The normalized spacial score (nSPS) is 10.9. The van der Waals surface area contributed by atoms with Crippen LogP contribution in [0.3, 0.4) is 0 Å². The summed E-state index contributed by atoms with van der Waals surface area (Å²) < 4.78 is 7.14. The minimum absolute atomic E-state index is 0.00673. The van der Waals surface area contributed by atoms with Gasteiger partial charge in [-0.25, -0.2) is 19.4 Å². The quantitative estimate of drug-likeness (QED) is 0.365. The van der Waals surface area contributed by atoms with Gasteiger partial charge in [0.15, 0.2) is 10.9 Å². The van der Waals surface area contributed by atoms with E-state index in [1.54, 1.807) is 27.1 Å². The molecule has 1 aromatic carbocycles. The molecular formula is C25H25N5O3S. The number of carbonyl (C=O) groups excluding carboxylic acids is 2. The summed E-state index contributed by atoms with van der Waals surface area (Å²) in [4.78, 5) is 35.3. The maximum Gasteiger partial charge on any atom is 0.340 e. The van der Waals surface area contributed by atoms with Crippen molar-refractivity contribution in [3.8, 4) is 5.82 Å². The molecule has 1 amide bonds. The van der Waals surface area contributed by atoms with E-state index < -0.39 is 5.97 Å². The molecule has 0 saturated heterocycles. The molecule has 3 aromatic heterocycles. The van der Waals surface area contributed by atoms with Crippen molar-refractivity contribution in [1.29, 1.82) is 0 Å². The molecule has 0 aliphatic carbocycles. The third kappa shape index (κ3) is 4.89. The number of thiazole rings is 1. The topological polar surface area (TPSA) is 90.2 Å². The average Bonchev–Trinajstić information content (AvgIpc) is 3.40. The summed E-state index contributed by atoms with van der Waals surface area (Å²) in [5, 5.41) is 6.70. The first-order chi connectivity index (χ1) is 16.2. The fourth-order valence-corrected chi connectivity index (χ4v) is 4.34. The number of carbonyl (C=O) groups is 2. The van der Waals surface area contributed by atoms with Crippen LogP contribution in [0.15, 0.2) is 48.0 Å². The maximum absolute atomic E-state index is 12.5. The van der Waals surface area contributed by atoms with Crippen LogP contribution in [-0.2, 0) is 16.1 Å². The molecule has 0 radical (unpaired) electrons. The maximum atomic E-state index is 12.5. The van der Waals surface area contributed by atoms with E-state index in [-0.39, 0.29) is 12.5 Å². The van der Waals surface area contributed by atoms with Crippen molar-refractivity contribution in [2.24, 2.45) is 0 Å². The molecule has 0 N–H and O–H groups in total. The van der Waals surface area contributed by atoms with E-state index in [1.165, 1.54) is 24.5 Å². The third-order valence-corrected chi connectivity index (χ3v) is 6.23. The van der Waals surface area contributed by atoms with Gasteiger partial charge in [-0.05, 0) is 69.2 Å². The van der Waals surface area contributed by atoms with E-state index in [2.05, 4.69) is 15.1 Å². The van der Waals surface area contributed by atoms with Crippen LogP contribution in [0, 0.1) is 27.7 Å². The number of aromatic nitrogens is 4. The van der Waals surface area contributed by atoms with Gasteiger partial charge in [-0.2, -0.15) is 5.10 Å². The Morgan fingerprint density at radius 3 is 2.47 bits per heavy atom. The lowest BCUT2D eigenvalue weighted by molar-refractivity contribution is -0.115. The van der Waals surface area contributed by atoms with Gasteiger partial charge in [0, 0.05) is 24.2 Å². The fourth-order valence-electron chi connectivity index (χ4n) is 3.47. The first-order valence-corrected chi connectivity index (χ1v) is 11.6. The number of rotatable bonds is 6. The van der Waals surface area contributed by atoms with Crippen LogP contribution in [0.2, 0.25) is 0 Å². The van der Waals surface area contributed by atoms with E-state index in [0.29, 0.717) is 22.2 Å².